The van der Waals surface area contributed by atoms with Gasteiger partial charge in [-0.3, -0.25) is 4.79 Å². The highest BCUT2D eigenvalue weighted by Gasteiger charge is 2.16. The van der Waals surface area contributed by atoms with E-state index in [-0.39, 0.29) is 5.91 Å². The Hall–Kier alpha value is -1.81. The number of amides is 1. The molecular formula is C13H16N2O2. The Morgan fingerprint density at radius 1 is 1.47 bits per heavy atom. The molecule has 0 spiro atoms. The first kappa shape index (κ1) is 11.7. The summed E-state index contributed by atoms with van der Waals surface area (Å²) in [4.78, 5) is 16.7. The number of carbonyl (C=O) groups excluding carboxylic acids is 1. The van der Waals surface area contributed by atoms with Crippen LogP contribution >= 0.6 is 0 Å². The average molecular weight is 232 g/mol. The normalized spacial score (nSPS) is 12.6. The van der Waals surface area contributed by atoms with E-state index in [1.165, 1.54) is 4.90 Å². The van der Waals surface area contributed by atoms with E-state index in [1.807, 2.05) is 24.3 Å². The zero-order valence-electron chi connectivity index (χ0n) is 9.97. The maximum absolute atomic E-state index is 12.2. The smallest absolute Gasteiger partial charge is 0.255 e. The lowest BCUT2D eigenvalue weighted by molar-refractivity contribution is 0.0705. The second-order valence-electron chi connectivity index (χ2n) is 4.28. The van der Waals surface area contributed by atoms with Gasteiger partial charge in [-0.05, 0) is 13.0 Å². The maximum Gasteiger partial charge on any atom is 0.255 e. The minimum atomic E-state index is -0.519. The van der Waals surface area contributed by atoms with Crippen LogP contribution in [-0.2, 0) is 0 Å². The van der Waals surface area contributed by atoms with Crippen molar-refractivity contribution in [3.05, 3.63) is 36.0 Å². The van der Waals surface area contributed by atoms with Crippen LogP contribution in [0.2, 0.25) is 0 Å². The zero-order valence-corrected chi connectivity index (χ0v) is 9.97. The number of hydrogen-bond donors (Lipinski definition) is 2. The summed E-state index contributed by atoms with van der Waals surface area (Å²) >= 11 is 0. The average Bonchev–Trinajstić information content (AvgIpc) is 2.70. The molecule has 17 heavy (non-hydrogen) atoms. The molecule has 1 aromatic carbocycles. The number of nitrogens with zero attached hydrogens (tertiary/aromatic N) is 1. The van der Waals surface area contributed by atoms with Crippen molar-refractivity contribution in [3.63, 3.8) is 0 Å². The van der Waals surface area contributed by atoms with Crippen molar-refractivity contribution in [1.82, 2.24) is 9.88 Å². The van der Waals surface area contributed by atoms with Crippen LogP contribution in [0.25, 0.3) is 10.9 Å². The van der Waals surface area contributed by atoms with Gasteiger partial charge in [0.1, 0.15) is 0 Å². The standard InChI is InChI=1S/C13H16N2O2/c1-9(16)8-15(2)13(17)11-7-14-12-6-4-3-5-10(11)12/h3-7,9,14,16H,8H2,1-2H3. The molecule has 0 fully saturated rings. The number of benzene rings is 1. The molecule has 0 aliphatic carbocycles. The van der Waals surface area contributed by atoms with Crippen molar-refractivity contribution >= 4 is 16.8 Å². The summed E-state index contributed by atoms with van der Waals surface area (Å²) in [5.41, 5.74) is 1.59. The summed E-state index contributed by atoms with van der Waals surface area (Å²) in [5, 5.41) is 10.2. The third-order valence-electron chi connectivity index (χ3n) is 2.70. The van der Waals surface area contributed by atoms with E-state index in [0.717, 1.165) is 10.9 Å². The first-order valence-electron chi connectivity index (χ1n) is 5.59. The topological polar surface area (TPSA) is 56.3 Å². The predicted octanol–water partition coefficient (Wildman–Crippen LogP) is 1.62. The Kier molecular flexibility index (Phi) is 3.15. The monoisotopic (exact) mass is 232 g/mol. The first-order valence-corrected chi connectivity index (χ1v) is 5.59. The molecule has 1 unspecified atom stereocenters. The second-order valence-corrected chi connectivity index (χ2v) is 4.28. The highest BCUT2D eigenvalue weighted by atomic mass is 16.3. The zero-order chi connectivity index (χ0) is 12.4. The molecule has 0 aliphatic rings. The molecule has 1 aromatic heterocycles. The summed E-state index contributed by atoms with van der Waals surface area (Å²) in [6.45, 7) is 2.00. The van der Waals surface area contributed by atoms with Crippen molar-refractivity contribution < 1.29 is 9.90 Å². The molecule has 1 atom stereocenters. The number of para-hydroxylation sites is 1. The number of carbonyl (C=O) groups is 1. The molecule has 2 N–H and O–H groups in total. The molecule has 0 radical (unpaired) electrons. The Bertz CT molecular complexity index is 531. The summed E-state index contributed by atoms with van der Waals surface area (Å²) in [6, 6.07) is 7.67. The van der Waals surface area contributed by atoms with Crippen LogP contribution in [0.15, 0.2) is 30.5 Å². The number of aromatic nitrogens is 1. The number of hydrogen-bond acceptors (Lipinski definition) is 2. The van der Waals surface area contributed by atoms with Crippen molar-refractivity contribution in [1.29, 1.82) is 0 Å². The van der Waals surface area contributed by atoms with E-state index in [4.69, 9.17) is 0 Å². The van der Waals surface area contributed by atoms with E-state index in [9.17, 15) is 9.90 Å². The van der Waals surface area contributed by atoms with Crippen LogP contribution < -0.4 is 0 Å². The van der Waals surface area contributed by atoms with Crippen LogP contribution in [0, 0.1) is 0 Å². The number of likely N-dealkylation sites (N-methyl/N-ethyl adjacent to an activating group) is 1. The van der Waals surface area contributed by atoms with Crippen LogP contribution in [0.1, 0.15) is 17.3 Å². The summed E-state index contributed by atoms with van der Waals surface area (Å²) in [5.74, 6) is -0.0802. The molecule has 2 aromatic rings. The number of rotatable bonds is 3. The largest absolute Gasteiger partial charge is 0.392 e. The molecule has 1 heterocycles. The van der Waals surface area contributed by atoms with Gasteiger partial charge in [0.05, 0.1) is 11.7 Å². The third-order valence-corrected chi connectivity index (χ3v) is 2.70. The summed E-state index contributed by atoms with van der Waals surface area (Å²) in [7, 11) is 1.69. The minimum Gasteiger partial charge on any atom is -0.392 e. The van der Waals surface area contributed by atoms with Crippen LogP contribution in [-0.4, -0.2) is 40.6 Å². The van der Waals surface area contributed by atoms with Crippen molar-refractivity contribution in [2.75, 3.05) is 13.6 Å². The van der Waals surface area contributed by atoms with Gasteiger partial charge in [0, 0.05) is 30.7 Å². The number of aliphatic hydroxyl groups is 1. The van der Waals surface area contributed by atoms with Crippen LogP contribution in [0.3, 0.4) is 0 Å². The Morgan fingerprint density at radius 3 is 2.88 bits per heavy atom. The highest BCUT2D eigenvalue weighted by Crippen LogP contribution is 2.18. The minimum absolute atomic E-state index is 0.0802. The molecule has 1 amide bonds. The Labute approximate surface area is 99.9 Å². The fraction of sp³-hybridized carbons (Fsp3) is 0.308. The van der Waals surface area contributed by atoms with Gasteiger partial charge in [-0.15, -0.1) is 0 Å². The van der Waals surface area contributed by atoms with Crippen molar-refractivity contribution in [2.45, 2.75) is 13.0 Å². The second kappa shape index (κ2) is 4.59. The predicted molar refractivity (Wildman–Crippen MR) is 66.9 cm³/mol. The Morgan fingerprint density at radius 2 is 2.18 bits per heavy atom. The van der Waals surface area contributed by atoms with E-state index in [2.05, 4.69) is 4.98 Å². The quantitative estimate of drug-likeness (QED) is 0.845. The molecule has 2 rings (SSSR count). The SMILES string of the molecule is CC(O)CN(C)C(=O)c1c[nH]c2ccccc12. The van der Waals surface area contributed by atoms with Gasteiger partial charge in [-0.2, -0.15) is 0 Å². The van der Waals surface area contributed by atoms with Gasteiger partial charge >= 0.3 is 0 Å². The van der Waals surface area contributed by atoms with Gasteiger partial charge in [-0.1, -0.05) is 18.2 Å². The molecule has 0 saturated heterocycles. The van der Waals surface area contributed by atoms with Gasteiger partial charge in [0.25, 0.3) is 5.91 Å². The fourth-order valence-corrected chi connectivity index (χ4v) is 1.93. The number of H-pyrrole nitrogens is 1. The van der Waals surface area contributed by atoms with Gasteiger partial charge in [0.15, 0.2) is 0 Å². The third kappa shape index (κ3) is 2.31. The molecule has 0 aliphatic heterocycles. The number of aliphatic hydroxyl groups excluding tert-OH is 1. The van der Waals surface area contributed by atoms with E-state index in [0.29, 0.717) is 12.1 Å². The summed E-state index contributed by atoms with van der Waals surface area (Å²) < 4.78 is 0. The number of aromatic amines is 1. The van der Waals surface area contributed by atoms with Crippen molar-refractivity contribution in [3.8, 4) is 0 Å². The van der Waals surface area contributed by atoms with Gasteiger partial charge in [-0.25, -0.2) is 0 Å². The first-order chi connectivity index (χ1) is 8.09. The lowest BCUT2D eigenvalue weighted by atomic mass is 10.1. The fourth-order valence-electron chi connectivity index (χ4n) is 1.93. The molecule has 4 nitrogen and oxygen atoms in total. The van der Waals surface area contributed by atoms with Gasteiger partial charge < -0.3 is 15.0 Å². The molecule has 0 saturated carbocycles. The Balaban J connectivity index is 2.30. The molecular weight excluding hydrogens is 216 g/mol. The van der Waals surface area contributed by atoms with E-state index in [1.54, 1.807) is 20.2 Å². The van der Waals surface area contributed by atoms with Crippen LogP contribution in [0.4, 0.5) is 0 Å². The van der Waals surface area contributed by atoms with E-state index < -0.39 is 6.10 Å². The van der Waals surface area contributed by atoms with Crippen LogP contribution in [0.5, 0.6) is 0 Å². The van der Waals surface area contributed by atoms with Crippen molar-refractivity contribution in [2.24, 2.45) is 0 Å². The van der Waals surface area contributed by atoms with Gasteiger partial charge in [0.2, 0.25) is 0 Å². The highest BCUT2D eigenvalue weighted by molar-refractivity contribution is 6.06. The van der Waals surface area contributed by atoms with E-state index >= 15 is 0 Å². The maximum atomic E-state index is 12.2. The molecule has 90 valence electrons. The number of fused-ring (bicyclic) bond motifs is 1. The molecule has 4 heteroatoms. The summed E-state index contributed by atoms with van der Waals surface area (Å²) in [6.07, 6.45) is 1.19. The lowest BCUT2D eigenvalue weighted by Gasteiger charge is -2.18. The number of nitrogens with one attached hydrogen (secondary N) is 1. The lowest BCUT2D eigenvalue weighted by Crippen LogP contribution is -2.32. The molecule has 0 bridgehead atoms.